The van der Waals surface area contributed by atoms with Gasteiger partial charge < -0.3 is 15.5 Å². The number of nitrogens with zero attached hydrogens (tertiary/aromatic N) is 1. The summed E-state index contributed by atoms with van der Waals surface area (Å²) in [5.74, 6) is -0.736. The summed E-state index contributed by atoms with van der Waals surface area (Å²) in [4.78, 5) is -0.386. The smallest absolute Gasteiger partial charge is 0.374 e. The van der Waals surface area contributed by atoms with Crippen molar-refractivity contribution in [3.8, 4) is 0 Å². The summed E-state index contributed by atoms with van der Waals surface area (Å²) in [6, 6.07) is 12.7. The standard InChI is InChI=1S/C26H23F7N2O4S/c27-18-8-11-21(12-9-18)40(38,39)35-20(15-23(36)34-19-4-2-1-3-5-19)10-6-16-14-17(7-13-22(16)35)24(37,25(28,29)30)26(31,32)33/h1-5,7-9,11-14,20,23,34,36-37H,6,10,15H2. The summed E-state index contributed by atoms with van der Waals surface area (Å²) in [7, 11) is -4.54. The number of anilines is 2. The van der Waals surface area contributed by atoms with E-state index in [-0.39, 0.29) is 35.4 Å². The average molecular weight is 593 g/mol. The molecule has 0 saturated carbocycles. The molecule has 0 fully saturated rings. The summed E-state index contributed by atoms with van der Waals surface area (Å²) in [5, 5.41) is 23.3. The second-order valence-corrected chi connectivity index (χ2v) is 11.1. The minimum absolute atomic E-state index is 0.0964. The number of fused-ring (bicyclic) bond motifs is 1. The van der Waals surface area contributed by atoms with Crippen molar-refractivity contribution in [1.29, 1.82) is 0 Å². The van der Waals surface area contributed by atoms with Gasteiger partial charge in [-0.2, -0.15) is 26.3 Å². The molecule has 0 spiro atoms. The molecule has 2 unspecified atom stereocenters. The fourth-order valence-corrected chi connectivity index (χ4v) is 6.38. The molecule has 6 nitrogen and oxygen atoms in total. The first-order valence-corrected chi connectivity index (χ1v) is 13.3. The van der Waals surface area contributed by atoms with Crippen LogP contribution in [0.5, 0.6) is 0 Å². The zero-order valence-electron chi connectivity index (χ0n) is 20.4. The average Bonchev–Trinajstić information content (AvgIpc) is 2.87. The molecule has 216 valence electrons. The van der Waals surface area contributed by atoms with E-state index in [0.717, 1.165) is 34.6 Å². The van der Waals surface area contributed by atoms with Gasteiger partial charge in [0.15, 0.2) is 0 Å². The largest absolute Gasteiger partial charge is 0.430 e. The first-order chi connectivity index (χ1) is 18.6. The molecule has 0 amide bonds. The summed E-state index contributed by atoms with van der Waals surface area (Å²) in [6.45, 7) is 0. The third kappa shape index (κ3) is 5.47. The maximum Gasteiger partial charge on any atom is 0.430 e. The normalized spacial score (nSPS) is 17.3. The summed E-state index contributed by atoms with van der Waals surface area (Å²) in [6.07, 6.45) is -14.0. The van der Waals surface area contributed by atoms with Crippen LogP contribution in [0, 0.1) is 5.82 Å². The molecule has 3 aromatic rings. The van der Waals surface area contributed by atoms with E-state index in [1.165, 1.54) is 0 Å². The van der Waals surface area contributed by atoms with E-state index >= 15 is 0 Å². The Kier molecular flexibility index (Phi) is 7.82. The van der Waals surface area contributed by atoms with E-state index in [9.17, 15) is 49.4 Å². The van der Waals surface area contributed by atoms with Gasteiger partial charge in [0, 0.05) is 17.7 Å². The highest BCUT2D eigenvalue weighted by Gasteiger charge is 2.71. The van der Waals surface area contributed by atoms with Crippen molar-refractivity contribution in [3.05, 3.63) is 89.7 Å². The lowest BCUT2D eigenvalue weighted by Crippen LogP contribution is -2.54. The van der Waals surface area contributed by atoms with Crippen LogP contribution < -0.4 is 9.62 Å². The van der Waals surface area contributed by atoms with Gasteiger partial charge in [0.1, 0.15) is 12.0 Å². The van der Waals surface area contributed by atoms with Crippen LogP contribution in [-0.4, -0.2) is 43.3 Å². The van der Waals surface area contributed by atoms with Gasteiger partial charge in [0.05, 0.1) is 16.6 Å². The van der Waals surface area contributed by atoms with Crippen LogP contribution in [0.2, 0.25) is 0 Å². The van der Waals surface area contributed by atoms with Gasteiger partial charge in [-0.1, -0.05) is 30.3 Å². The molecule has 3 aromatic carbocycles. The molecule has 1 aliphatic rings. The topological polar surface area (TPSA) is 89.9 Å². The Labute approximate surface area is 224 Å². The quantitative estimate of drug-likeness (QED) is 0.250. The Morgan fingerprint density at radius 2 is 1.52 bits per heavy atom. The minimum atomic E-state index is -6.12. The zero-order valence-corrected chi connectivity index (χ0v) is 21.2. The number of aryl methyl sites for hydroxylation is 1. The highest BCUT2D eigenvalue weighted by Crippen LogP contribution is 2.51. The number of alkyl halides is 6. The molecular formula is C26H23F7N2O4S. The predicted octanol–water partition coefficient (Wildman–Crippen LogP) is 5.47. The number of aliphatic hydroxyl groups is 2. The van der Waals surface area contributed by atoms with Crippen molar-refractivity contribution in [2.24, 2.45) is 0 Å². The molecular weight excluding hydrogens is 569 g/mol. The number of sulfonamides is 1. The third-order valence-electron chi connectivity index (χ3n) is 6.61. The number of nitrogens with one attached hydrogen (secondary N) is 1. The first-order valence-electron chi connectivity index (χ1n) is 11.8. The van der Waals surface area contributed by atoms with Crippen molar-refractivity contribution >= 4 is 21.4 Å². The molecule has 0 aromatic heterocycles. The van der Waals surface area contributed by atoms with E-state index in [1.807, 2.05) is 0 Å². The van der Waals surface area contributed by atoms with Crippen molar-refractivity contribution in [2.75, 3.05) is 9.62 Å². The predicted molar refractivity (Wildman–Crippen MR) is 131 cm³/mol. The van der Waals surface area contributed by atoms with Crippen LogP contribution >= 0.6 is 0 Å². The Balaban J connectivity index is 1.79. The van der Waals surface area contributed by atoms with E-state index in [4.69, 9.17) is 0 Å². The second-order valence-electron chi connectivity index (χ2n) is 9.26. The number of aliphatic hydroxyl groups excluding tert-OH is 1. The maximum absolute atomic E-state index is 13.7. The number of hydrogen-bond acceptors (Lipinski definition) is 5. The van der Waals surface area contributed by atoms with Gasteiger partial charge in [-0.05, 0) is 60.9 Å². The van der Waals surface area contributed by atoms with E-state index < -0.39 is 51.6 Å². The molecule has 14 heteroatoms. The number of para-hydroxylation sites is 1. The number of rotatable bonds is 7. The Hall–Kier alpha value is -3.36. The van der Waals surface area contributed by atoms with Crippen molar-refractivity contribution in [3.63, 3.8) is 0 Å². The number of hydrogen-bond donors (Lipinski definition) is 3. The third-order valence-corrected chi connectivity index (χ3v) is 8.49. The van der Waals surface area contributed by atoms with Crippen LogP contribution in [-0.2, 0) is 22.0 Å². The van der Waals surface area contributed by atoms with Crippen molar-refractivity contribution in [2.45, 2.75) is 54.4 Å². The van der Waals surface area contributed by atoms with Gasteiger partial charge in [-0.15, -0.1) is 0 Å². The molecule has 0 bridgehead atoms. The van der Waals surface area contributed by atoms with Gasteiger partial charge in [0.2, 0.25) is 0 Å². The Bertz CT molecular complexity index is 1430. The van der Waals surface area contributed by atoms with E-state index in [2.05, 4.69) is 5.32 Å². The summed E-state index contributed by atoms with van der Waals surface area (Å²) < 4.78 is 123. The van der Waals surface area contributed by atoms with Gasteiger partial charge in [-0.25, -0.2) is 12.8 Å². The van der Waals surface area contributed by atoms with Gasteiger partial charge in [0.25, 0.3) is 15.6 Å². The fourth-order valence-electron chi connectivity index (χ4n) is 4.65. The SMILES string of the molecule is O=S(=O)(c1ccc(F)cc1)N1c2ccc(C(O)(C(F)(F)F)C(F)(F)F)cc2CCC1CC(O)Nc1ccccc1. The first kappa shape index (κ1) is 29.6. The van der Waals surface area contributed by atoms with Crippen LogP contribution in [0.3, 0.4) is 0 Å². The van der Waals surface area contributed by atoms with Crippen LogP contribution in [0.25, 0.3) is 0 Å². The number of benzene rings is 3. The fraction of sp³-hybridized carbons (Fsp3) is 0.308. The van der Waals surface area contributed by atoms with Crippen LogP contribution in [0.15, 0.2) is 77.7 Å². The molecule has 0 aliphatic carbocycles. The lowest BCUT2D eigenvalue weighted by Gasteiger charge is -2.40. The molecule has 40 heavy (non-hydrogen) atoms. The van der Waals surface area contributed by atoms with E-state index in [1.54, 1.807) is 30.3 Å². The summed E-state index contributed by atoms with van der Waals surface area (Å²) in [5.41, 5.74) is -6.63. The number of halogens is 7. The second kappa shape index (κ2) is 10.6. The molecule has 0 saturated heterocycles. The molecule has 1 heterocycles. The van der Waals surface area contributed by atoms with Gasteiger partial charge in [-0.3, -0.25) is 4.31 Å². The van der Waals surface area contributed by atoms with E-state index in [0.29, 0.717) is 17.8 Å². The van der Waals surface area contributed by atoms with Gasteiger partial charge >= 0.3 is 12.4 Å². The zero-order chi connectivity index (χ0) is 29.5. The summed E-state index contributed by atoms with van der Waals surface area (Å²) >= 11 is 0. The molecule has 2 atom stereocenters. The molecule has 3 N–H and O–H groups in total. The minimum Gasteiger partial charge on any atom is -0.374 e. The highest BCUT2D eigenvalue weighted by molar-refractivity contribution is 7.92. The van der Waals surface area contributed by atoms with Crippen molar-refractivity contribution in [1.82, 2.24) is 0 Å². The Morgan fingerprint density at radius 1 is 0.925 bits per heavy atom. The lowest BCUT2D eigenvalue weighted by atomic mass is 9.87. The van der Waals surface area contributed by atoms with Crippen LogP contribution in [0.4, 0.5) is 42.1 Å². The van der Waals surface area contributed by atoms with Crippen molar-refractivity contribution < 1.29 is 49.4 Å². The lowest BCUT2D eigenvalue weighted by molar-refractivity contribution is -0.376. The molecule has 1 aliphatic heterocycles. The molecule has 0 radical (unpaired) electrons. The molecule has 4 rings (SSSR count). The van der Waals surface area contributed by atoms with Crippen LogP contribution in [0.1, 0.15) is 24.0 Å². The maximum atomic E-state index is 13.7. The highest BCUT2D eigenvalue weighted by atomic mass is 32.2. The Morgan fingerprint density at radius 3 is 2.10 bits per heavy atom. The monoisotopic (exact) mass is 592 g/mol.